The van der Waals surface area contributed by atoms with E-state index in [1.54, 1.807) is 45.2 Å². The number of carbonyl (C=O) groups excluding carboxylic acids is 1. The summed E-state index contributed by atoms with van der Waals surface area (Å²) in [6, 6.07) is 14.3. The van der Waals surface area contributed by atoms with Gasteiger partial charge in [0.15, 0.2) is 0 Å². The molecule has 146 valence electrons. The molecule has 2 N–H and O–H groups in total. The summed E-state index contributed by atoms with van der Waals surface area (Å²) in [4.78, 5) is 12.3. The van der Waals surface area contributed by atoms with E-state index in [0.717, 1.165) is 5.56 Å². The van der Waals surface area contributed by atoms with Crippen molar-refractivity contribution < 1.29 is 17.9 Å². The van der Waals surface area contributed by atoms with Gasteiger partial charge in [-0.3, -0.25) is 4.79 Å². The van der Waals surface area contributed by atoms with Crippen LogP contribution < -0.4 is 14.8 Å². The first-order chi connectivity index (χ1) is 12.7. The molecule has 27 heavy (non-hydrogen) atoms. The first-order valence-electron chi connectivity index (χ1n) is 8.76. The second-order valence-corrected chi connectivity index (χ2v) is 8.97. The molecule has 2 aromatic rings. The van der Waals surface area contributed by atoms with Crippen LogP contribution in [0.25, 0.3) is 0 Å². The number of methoxy groups -OCH3 is 1. The highest BCUT2D eigenvalue weighted by Gasteiger charge is 2.17. The normalized spacial score (nSPS) is 12.6. The van der Waals surface area contributed by atoms with Crippen LogP contribution in [0.5, 0.6) is 5.75 Å². The second-order valence-electron chi connectivity index (χ2n) is 6.65. The second kappa shape index (κ2) is 9.01. The maximum absolute atomic E-state index is 12.3. The molecule has 2 rings (SSSR count). The van der Waals surface area contributed by atoms with Gasteiger partial charge in [0, 0.05) is 17.8 Å². The third-order valence-electron chi connectivity index (χ3n) is 4.30. The van der Waals surface area contributed by atoms with Gasteiger partial charge in [-0.15, -0.1) is 0 Å². The van der Waals surface area contributed by atoms with Crippen molar-refractivity contribution in [1.82, 2.24) is 4.72 Å². The number of rotatable bonds is 8. The van der Waals surface area contributed by atoms with Crippen LogP contribution in [0.1, 0.15) is 42.6 Å². The lowest BCUT2D eigenvalue weighted by atomic mass is 10.0. The lowest BCUT2D eigenvalue weighted by Gasteiger charge is -2.15. The Balaban J connectivity index is 1.96. The van der Waals surface area contributed by atoms with Crippen LogP contribution in [0.15, 0.2) is 48.5 Å². The van der Waals surface area contributed by atoms with Gasteiger partial charge >= 0.3 is 0 Å². The fourth-order valence-electron chi connectivity index (χ4n) is 2.37. The van der Waals surface area contributed by atoms with E-state index in [1.807, 2.05) is 31.2 Å². The molecule has 1 unspecified atom stereocenters. The minimum atomic E-state index is -3.28. The van der Waals surface area contributed by atoms with E-state index in [-0.39, 0.29) is 11.8 Å². The SMILES string of the molecule is COc1ccc(C(=O)Nc2ccc(C(C)CNS(=O)(=O)C(C)C)cc2)cc1. The van der Waals surface area contributed by atoms with E-state index in [4.69, 9.17) is 4.74 Å². The van der Waals surface area contributed by atoms with Gasteiger partial charge in [0.1, 0.15) is 5.75 Å². The predicted molar refractivity (Wildman–Crippen MR) is 108 cm³/mol. The zero-order valence-electron chi connectivity index (χ0n) is 16.0. The van der Waals surface area contributed by atoms with Gasteiger partial charge in [0.25, 0.3) is 5.91 Å². The lowest BCUT2D eigenvalue weighted by Crippen LogP contribution is -2.33. The molecule has 0 radical (unpaired) electrons. The summed E-state index contributed by atoms with van der Waals surface area (Å²) in [7, 11) is -1.70. The maximum atomic E-state index is 12.3. The molecule has 0 spiro atoms. The van der Waals surface area contributed by atoms with E-state index >= 15 is 0 Å². The first kappa shape index (κ1) is 20.9. The molecular formula is C20H26N2O4S. The Labute approximate surface area is 161 Å². The van der Waals surface area contributed by atoms with Crippen LogP contribution in [0.4, 0.5) is 5.69 Å². The standard InChI is InChI=1S/C20H26N2O4S/c1-14(2)27(24,25)21-13-15(3)16-5-9-18(10-6-16)22-20(23)17-7-11-19(26-4)12-8-17/h5-12,14-15,21H,13H2,1-4H3,(H,22,23). The Bertz CT molecular complexity index is 860. The summed E-state index contributed by atoms with van der Waals surface area (Å²) in [6.07, 6.45) is 0. The number of anilines is 1. The van der Waals surface area contributed by atoms with E-state index in [1.165, 1.54) is 0 Å². The molecule has 0 aliphatic rings. The van der Waals surface area contributed by atoms with Crippen LogP contribution in [-0.2, 0) is 10.0 Å². The van der Waals surface area contributed by atoms with E-state index in [0.29, 0.717) is 23.5 Å². The van der Waals surface area contributed by atoms with Gasteiger partial charge in [-0.2, -0.15) is 0 Å². The highest BCUT2D eigenvalue weighted by Crippen LogP contribution is 2.19. The molecule has 0 heterocycles. The number of benzene rings is 2. The van der Waals surface area contributed by atoms with Gasteiger partial charge in [-0.05, 0) is 61.7 Å². The minimum Gasteiger partial charge on any atom is -0.497 e. The lowest BCUT2D eigenvalue weighted by molar-refractivity contribution is 0.102. The van der Waals surface area contributed by atoms with Crippen LogP contribution in [0.2, 0.25) is 0 Å². The molecule has 6 nitrogen and oxygen atoms in total. The molecule has 0 bridgehead atoms. The van der Waals surface area contributed by atoms with E-state index in [9.17, 15) is 13.2 Å². The zero-order valence-corrected chi connectivity index (χ0v) is 16.8. The van der Waals surface area contributed by atoms with Gasteiger partial charge in [-0.1, -0.05) is 19.1 Å². The summed E-state index contributed by atoms with van der Waals surface area (Å²) in [6.45, 7) is 5.58. The topological polar surface area (TPSA) is 84.5 Å². The molecular weight excluding hydrogens is 364 g/mol. The van der Waals surface area contributed by atoms with Crippen molar-refractivity contribution in [2.24, 2.45) is 0 Å². The third-order valence-corrected chi connectivity index (χ3v) is 6.11. The molecule has 7 heteroatoms. The average molecular weight is 391 g/mol. The average Bonchev–Trinajstić information content (AvgIpc) is 2.66. The minimum absolute atomic E-state index is 0.0184. The van der Waals surface area contributed by atoms with Crippen molar-refractivity contribution in [1.29, 1.82) is 0 Å². The van der Waals surface area contributed by atoms with E-state index < -0.39 is 15.3 Å². The number of nitrogens with one attached hydrogen (secondary N) is 2. The van der Waals surface area contributed by atoms with Crippen molar-refractivity contribution in [2.75, 3.05) is 19.0 Å². The third kappa shape index (κ3) is 5.80. The highest BCUT2D eigenvalue weighted by atomic mass is 32.2. The summed E-state index contributed by atoms with van der Waals surface area (Å²) in [5.74, 6) is 0.506. The number of carbonyl (C=O) groups is 1. The fourth-order valence-corrected chi connectivity index (χ4v) is 3.18. The molecule has 2 aromatic carbocycles. The quantitative estimate of drug-likeness (QED) is 0.724. The van der Waals surface area contributed by atoms with E-state index in [2.05, 4.69) is 10.0 Å². The fraction of sp³-hybridized carbons (Fsp3) is 0.350. The van der Waals surface area contributed by atoms with Crippen LogP contribution in [-0.4, -0.2) is 33.2 Å². The molecule has 0 aromatic heterocycles. The largest absolute Gasteiger partial charge is 0.497 e. The van der Waals surface area contributed by atoms with Crippen LogP contribution in [0, 0.1) is 0 Å². The van der Waals surface area contributed by atoms with Crippen LogP contribution >= 0.6 is 0 Å². The van der Waals surface area contributed by atoms with Gasteiger partial charge in [0.2, 0.25) is 10.0 Å². The summed E-state index contributed by atoms with van der Waals surface area (Å²) < 4.78 is 31.4. The molecule has 1 amide bonds. The smallest absolute Gasteiger partial charge is 0.255 e. The van der Waals surface area contributed by atoms with Gasteiger partial charge < -0.3 is 10.1 Å². The first-order valence-corrected chi connectivity index (χ1v) is 10.3. The maximum Gasteiger partial charge on any atom is 0.255 e. The highest BCUT2D eigenvalue weighted by molar-refractivity contribution is 7.90. The number of hydrogen-bond donors (Lipinski definition) is 2. The number of hydrogen-bond acceptors (Lipinski definition) is 4. The molecule has 0 aliphatic carbocycles. The zero-order chi connectivity index (χ0) is 20.0. The monoisotopic (exact) mass is 390 g/mol. The Kier molecular flexibility index (Phi) is 6.98. The Morgan fingerprint density at radius 2 is 1.59 bits per heavy atom. The number of sulfonamides is 1. The van der Waals surface area contributed by atoms with Gasteiger partial charge in [0.05, 0.1) is 12.4 Å². The van der Waals surface area contributed by atoms with Crippen molar-refractivity contribution >= 4 is 21.6 Å². The number of amides is 1. The van der Waals surface area contributed by atoms with Crippen LogP contribution in [0.3, 0.4) is 0 Å². The van der Waals surface area contributed by atoms with Crippen molar-refractivity contribution in [3.05, 3.63) is 59.7 Å². The van der Waals surface area contributed by atoms with Crippen molar-refractivity contribution in [2.45, 2.75) is 31.9 Å². The number of ether oxygens (including phenoxy) is 1. The Hall–Kier alpha value is -2.38. The van der Waals surface area contributed by atoms with Crippen molar-refractivity contribution in [3.8, 4) is 5.75 Å². The Morgan fingerprint density at radius 1 is 1.00 bits per heavy atom. The predicted octanol–water partition coefficient (Wildman–Crippen LogP) is 3.38. The summed E-state index contributed by atoms with van der Waals surface area (Å²) in [5.41, 5.74) is 2.20. The molecule has 0 saturated carbocycles. The molecule has 0 fully saturated rings. The van der Waals surface area contributed by atoms with Crippen molar-refractivity contribution in [3.63, 3.8) is 0 Å². The summed E-state index contributed by atoms with van der Waals surface area (Å²) >= 11 is 0. The summed E-state index contributed by atoms with van der Waals surface area (Å²) in [5, 5.41) is 2.38. The molecule has 1 atom stereocenters. The molecule has 0 saturated heterocycles. The Morgan fingerprint density at radius 3 is 2.11 bits per heavy atom. The van der Waals surface area contributed by atoms with Gasteiger partial charge in [-0.25, -0.2) is 13.1 Å². The molecule has 0 aliphatic heterocycles.